The number of morpholine rings is 1. The smallest absolute Gasteiger partial charge is 0.227 e. The zero-order valence-electron chi connectivity index (χ0n) is 16.6. The SMILES string of the molecule is CC1CN(C(=O)C2CCCN(Cc3ccccc3)C2)CC1N1CCOCC1. The molecule has 3 atom stereocenters. The number of ether oxygens (including phenoxy) is 1. The summed E-state index contributed by atoms with van der Waals surface area (Å²) in [5.41, 5.74) is 1.34. The van der Waals surface area contributed by atoms with Gasteiger partial charge in [-0.05, 0) is 30.9 Å². The van der Waals surface area contributed by atoms with Crippen LogP contribution in [-0.4, -0.2) is 79.1 Å². The Labute approximate surface area is 163 Å². The maximum atomic E-state index is 13.2. The first-order valence-electron chi connectivity index (χ1n) is 10.6. The van der Waals surface area contributed by atoms with Crippen LogP contribution in [-0.2, 0) is 16.1 Å². The van der Waals surface area contributed by atoms with Crippen LogP contribution in [0.5, 0.6) is 0 Å². The molecule has 0 saturated carbocycles. The van der Waals surface area contributed by atoms with Crippen molar-refractivity contribution in [2.45, 2.75) is 32.4 Å². The third kappa shape index (κ3) is 4.53. The van der Waals surface area contributed by atoms with Crippen LogP contribution in [0, 0.1) is 11.8 Å². The Kier molecular flexibility index (Phi) is 6.11. The van der Waals surface area contributed by atoms with Crippen molar-refractivity contribution in [3.63, 3.8) is 0 Å². The highest BCUT2D eigenvalue weighted by Crippen LogP contribution is 2.27. The van der Waals surface area contributed by atoms with Gasteiger partial charge in [-0.25, -0.2) is 0 Å². The fourth-order valence-corrected chi connectivity index (χ4v) is 5.01. The monoisotopic (exact) mass is 371 g/mol. The molecule has 148 valence electrons. The van der Waals surface area contributed by atoms with Gasteiger partial charge in [-0.2, -0.15) is 0 Å². The predicted molar refractivity (Wildman–Crippen MR) is 106 cm³/mol. The maximum absolute atomic E-state index is 13.2. The maximum Gasteiger partial charge on any atom is 0.227 e. The standard InChI is InChI=1S/C22H33N3O2/c1-18-14-25(17-21(18)24-10-12-27-13-11-24)22(26)20-8-5-9-23(16-20)15-19-6-3-2-4-7-19/h2-4,6-7,18,20-21H,5,8-17H2,1H3. The van der Waals surface area contributed by atoms with Crippen LogP contribution in [0.4, 0.5) is 0 Å². The highest BCUT2D eigenvalue weighted by molar-refractivity contribution is 5.79. The van der Waals surface area contributed by atoms with Gasteiger partial charge in [0.05, 0.1) is 19.1 Å². The topological polar surface area (TPSA) is 36.0 Å². The van der Waals surface area contributed by atoms with Crippen molar-refractivity contribution < 1.29 is 9.53 Å². The average molecular weight is 372 g/mol. The summed E-state index contributed by atoms with van der Waals surface area (Å²) < 4.78 is 5.50. The Morgan fingerprint density at radius 2 is 1.85 bits per heavy atom. The first-order chi connectivity index (χ1) is 13.2. The van der Waals surface area contributed by atoms with E-state index in [2.05, 4.69) is 52.0 Å². The number of carbonyl (C=O) groups is 1. The van der Waals surface area contributed by atoms with Gasteiger partial charge in [0.1, 0.15) is 0 Å². The molecule has 3 aliphatic rings. The van der Waals surface area contributed by atoms with Crippen molar-refractivity contribution in [2.75, 3.05) is 52.5 Å². The Hall–Kier alpha value is -1.43. The Bertz CT molecular complexity index is 617. The largest absolute Gasteiger partial charge is 0.379 e. The summed E-state index contributed by atoms with van der Waals surface area (Å²) in [4.78, 5) is 20.4. The lowest BCUT2D eigenvalue weighted by Gasteiger charge is -2.35. The lowest BCUT2D eigenvalue weighted by molar-refractivity contribution is -0.136. The number of amides is 1. The molecular weight excluding hydrogens is 338 g/mol. The Morgan fingerprint density at radius 1 is 1.07 bits per heavy atom. The molecule has 0 spiro atoms. The van der Waals surface area contributed by atoms with E-state index >= 15 is 0 Å². The van der Waals surface area contributed by atoms with Crippen LogP contribution in [0.15, 0.2) is 30.3 Å². The molecule has 0 aliphatic carbocycles. The molecule has 3 saturated heterocycles. The Balaban J connectivity index is 1.33. The van der Waals surface area contributed by atoms with Crippen LogP contribution >= 0.6 is 0 Å². The number of piperidine rings is 1. The first-order valence-corrected chi connectivity index (χ1v) is 10.6. The summed E-state index contributed by atoms with van der Waals surface area (Å²) in [7, 11) is 0. The molecule has 3 fully saturated rings. The summed E-state index contributed by atoms with van der Waals surface area (Å²) in [6, 6.07) is 11.1. The van der Waals surface area contributed by atoms with Crippen LogP contribution in [0.3, 0.4) is 0 Å². The minimum absolute atomic E-state index is 0.165. The number of hydrogen-bond acceptors (Lipinski definition) is 4. The van der Waals surface area contributed by atoms with Crippen LogP contribution in [0.2, 0.25) is 0 Å². The second-order valence-electron chi connectivity index (χ2n) is 8.50. The molecule has 5 heteroatoms. The van der Waals surface area contributed by atoms with E-state index in [-0.39, 0.29) is 5.92 Å². The average Bonchev–Trinajstić information content (AvgIpc) is 3.11. The third-order valence-electron chi connectivity index (χ3n) is 6.50. The Morgan fingerprint density at radius 3 is 2.63 bits per heavy atom. The molecule has 1 aromatic carbocycles. The molecule has 1 aromatic rings. The molecule has 4 rings (SSSR count). The van der Waals surface area contributed by atoms with Gasteiger partial charge in [-0.1, -0.05) is 37.3 Å². The molecule has 3 unspecified atom stereocenters. The van der Waals surface area contributed by atoms with E-state index in [1.54, 1.807) is 0 Å². The summed E-state index contributed by atoms with van der Waals surface area (Å²) in [5, 5.41) is 0. The van der Waals surface area contributed by atoms with Gasteiger partial charge in [0.2, 0.25) is 5.91 Å². The van der Waals surface area contributed by atoms with Crippen LogP contribution < -0.4 is 0 Å². The second-order valence-corrected chi connectivity index (χ2v) is 8.50. The van der Waals surface area contributed by atoms with Gasteiger partial charge in [-0.15, -0.1) is 0 Å². The minimum Gasteiger partial charge on any atom is -0.379 e. The number of rotatable bonds is 4. The molecule has 5 nitrogen and oxygen atoms in total. The molecule has 0 N–H and O–H groups in total. The van der Waals surface area contributed by atoms with Crippen molar-refractivity contribution in [1.29, 1.82) is 0 Å². The molecule has 3 aliphatic heterocycles. The van der Waals surface area contributed by atoms with Crippen molar-refractivity contribution in [1.82, 2.24) is 14.7 Å². The van der Waals surface area contributed by atoms with E-state index in [1.807, 2.05) is 0 Å². The van der Waals surface area contributed by atoms with Crippen molar-refractivity contribution in [3.8, 4) is 0 Å². The molecule has 0 aromatic heterocycles. The number of hydrogen-bond donors (Lipinski definition) is 0. The van der Waals surface area contributed by atoms with Gasteiger partial charge in [-0.3, -0.25) is 14.6 Å². The van der Waals surface area contributed by atoms with E-state index in [0.717, 1.165) is 71.9 Å². The fraction of sp³-hybridized carbons (Fsp3) is 0.682. The van der Waals surface area contributed by atoms with E-state index < -0.39 is 0 Å². The summed E-state index contributed by atoms with van der Waals surface area (Å²) in [6.07, 6.45) is 2.16. The number of benzene rings is 1. The van der Waals surface area contributed by atoms with Gasteiger partial charge < -0.3 is 9.64 Å². The predicted octanol–water partition coefficient (Wildman–Crippen LogP) is 2.08. The van der Waals surface area contributed by atoms with E-state index in [0.29, 0.717) is 17.9 Å². The van der Waals surface area contributed by atoms with Crippen molar-refractivity contribution >= 4 is 5.91 Å². The van der Waals surface area contributed by atoms with Crippen molar-refractivity contribution in [2.24, 2.45) is 11.8 Å². The van der Waals surface area contributed by atoms with Gasteiger partial charge in [0.25, 0.3) is 0 Å². The molecule has 3 heterocycles. The number of carbonyl (C=O) groups excluding carboxylic acids is 1. The van der Waals surface area contributed by atoms with Crippen molar-refractivity contribution in [3.05, 3.63) is 35.9 Å². The molecular formula is C22H33N3O2. The molecule has 0 bridgehead atoms. The first kappa shape index (κ1) is 18.9. The summed E-state index contributed by atoms with van der Waals surface area (Å²) in [5.74, 6) is 1.10. The summed E-state index contributed by atoms with van der Waals surface area (Å²) >= 11 is 0. The van der Waals surface area contributed by atoms with Gasteiger partial charge >= 0.3 is 0 Å². The quantitative estimate of drug-likeness (QED) is 0.812. The highest BCUT2D eigenvalue weighted by atomic mass is 16.5. The van der Waals surface area contributed by atoms with Gasteiger partial charge in [0, 0.05) is 45.3 Å². The fourth-order valence-electron chi connectivity index (χ4n) is 5.01. The van der Waals surface area contributed by atoms with Crippen LogP contribution in [0.1, 0.15) is 25.3 Å². The third-order valence-corrected chi connectivity index (χ3v) is 6.50. The van der Waals surface area contributed by atoms with E-state index in [1.165, 1.54) is 5.56 Å². The second kappa shape index (κ2) is 8.72. The van der Waals surface area contributed by atoms with Gasteiger partial charge in [0.15, 0.2) is 0 Å². The molecule has 27 heavy (non-hydrogen) atoms. The zero-order valence-corrected chi connectivity index (χ0v) is 16.6. The minimum atomic E-state index is 0.165. The van der Waals surface area contributed by atoms with E-state index in [9.17, 15) is 4.79 Å². The summed E-state index contributed by atoms with van der Waals surface area (Å²) in [6.45, 7) is 10.7. The number of nitrogens with zero attached hydrogens (tertiary/aromatic N) is 3. The highest BCUT2D eigenvalue weighted by Gasteiger charge is 2.39. The van der Waals surface area contributed by atoms with E-state index in [4.69, 9.17) is 4.74 Å². The van der Waals surface area contributed by atoms with Crippen LogP contribution in [0.25, 0.3) is 0 Å². The number of likely N-dealkylation sites (tertiary alicyclic amines) is 2. The normalized spacial score (nSPS) is 30.6. The molecule has 0 radical (unpaired) electrons. The zero-order chi connectivity index (χ0) is 18.6. The lowest BCUT2D eigenvalue weighted by atomic mass is 9.96. The lowest BCUT2D eigenvalue weighted by Crippen LogP contribution is -2.48. The molecule has 1 amide bonds.